The number of carbonyl (C=O) groups excluding carboxylic acids is 2. The van der Waals surface area contributed by atoms with Gasteiger partial charge in [0.25, 0.3) is 5.91 Å². The maximum atomic E-state index is 13.0. The maximum Gasteiger partial charge on any atom is 0.348 e. The summed E-state index contributed by atoms with van der Waals surface area (Å²) in [4.78, 5) is 24.3. The number of aliphatic hydroxyl groups is 1. The summed E-state index contributed by atoms with van der Waals surface area (Å²) in [5, 5.41) is 12.9. The minimum absolute atomic E-state index is 0.213. The van der Waals surface area contributed by atoms with Crippen molar-refractivity contribution in [3.63, 3.8) is 0 Å². The Morgan fingerprint density at radius 1 is 1.19 bits per heavy atom. The third kappa shape index (κ3) is 5.51. The van der Waals surface area contributed by atoms with Crippen molar-refractivity contribution in [1.82, 2.24) is 5.32 Å². The van der Waals surface area contributed by atoms with Gasteiger partial charge >= 0.3 is 5.97 Å². The molecule has 0 radical (unpaired) electrons. The Balaban J connectivity index is 2.06. The monoisotopic (exact) mass is 439 g/mol. The second-order valence-electron chi connectivity index (χ2n) is 5.87. The summed E-state index contributed by atoms with van der Waals surface area (Å²) in [6.45, 7) is 1.05. The van der Waals surface area contributed by atoms with E-state index in [0.717, 1.165) is 16.6 Å². The zero-order valence-electron chi connectivity index (χ0n) is 14.7. The number of esters is 1. The van der Waals surface area contributed by atoms with Gasteiger partial charge in [0.15, 0.2) is 5.60 Å². The van der Waals surface area contributed by atoms with Crippen LogP contribution in [0.3, 0.4) is 0 Å². The summed E-state index contributed by atoms with van der Waals surface area (Å²) >= 11 is 3.30. The average Bonchev–Trinajstić information content (AvgIpc) is 2.66. The average molecular weight is 440 g/mol. The smallest absolute Gasteiger partial charge is 0.348 e. The van der Waals surface area contributed by atoms with Gasteiger partial charge < -0.3 is 19.9 Å². The fourth-order valence-electron chi connectivity index (χ4n) is 2.25. The highest BCUT2D eigenvalue weighted by molar-refractivity contribution is 9.10. The van der Waals surface area contributed by atoms with Crippen molar-refractivity contribution >= 4 is 27.8 Å². The molecular weight excluding hydrogens is 421 g/mol. The number of hydrogen-bond donors (Lipinski definition) is 2. The van der Waals surface area contributed by atoms with Gasteiger partial charge in [-0.3, -0.25) is 4.79 Å². The number of rotatable bonds is 7. The van der Waals surface area contributed by atoms with Crippen LogP contribution in [-0.2, 0) is 19.9 Å². The van der Waals surface area contributed by atoms with Crippen LogP contribution in [0.4, 0.5) is 4.39 Å². The van der Waals surface area contributed by atoms with Crippen LogP contribution < -0.4 is 10.1 Å². The standard InChI is InChI=1S/C19H19BrFNO5/c1-19(25,12-3-7-14(21)8-4-12)18(24)22-11-16(17(23)26-2)27-15-9-5-13(20)6-10-15/h3-10,16,25H,11H2,1-2H3,(H,22,24). The topological polar surface area (TPSA) is 84.9 Å². The number of carbonyl (C=O) groups is 2. The van der Waals surface area contributed by atoms with E-state index in [1.807, 2.05) is 0 Å². The van der Waals surface area contributed by atoms with Crippen LogP contribution in [0.1, 0.15) is 12.5 Å². The second kappa shape index (κ2) is 8.96. The molecule has 0 heterocycles. The van der Waals surface area contributed by atoms with Gasteiger partial charge in [0.05, 0.1) is 13.7 Å². The van der Waals surface area contributed by atoms with Crippen LogP contribution in [0.5, 0.6) is 5.75 Å². The highest BCUT2D eigenvalue weighted by Gasteiger charge is 2.33. The van der Waals surface area contributed by atoms with Crippen molar-refractivity contribution in [3.8, 4) is 5.75 Å². The fraction of sp³-hybridized carbons (Fsp3) is 0.263. The zero-order chi connectivity index (χ0) is 20.0. The van der Waals surface area contributed by atoms with Crippen LogP contribution >= 0.6 is 15.9 Å². The maximum absolute atomic E-state index is 13.0. The van der Waals surface area contributed by atoms with E-state index in [9.17, 15) is 19.1 Å². The quantitative estimate of drug-likeness (QED) is 0.647. The van der Waals surface area contributed by atoms with Crippen LogP contribution in [0.25, 0.3) is 0 Å². The Morgan fingerprint density at radius 3 is 2.33 bits per heavy atom. The lowest BCUT2D eigenvalue weighted by Crippen LogP contribution is -2.47. The predicted molar refractivity (Wildman–Crippen MR) is 99.6 cm³/mol. The largest absolute Gasteiger partial charge is 0.477 e. The summed E-state index contributed by atoms with van der Waals surface area (Å²) in [6, 6.07) is 11.7. The Labute approximate surface area is 164 Å². The van der Waals surface area contributed by atoms with Gasteiger partial charge in [-0.05, 0) is 48.9 Å². The van der Waals surface area contributed by atoms with Crippen LogP contribution in [0.2, 0.25) is 0 Å². The highest BCUT2D eigenvalue weighted by atomic mass is 79.9. The van der Waals surface area contributed by atoms with Gasteiger partial charge in [-0.2, -0.15) is 0 Å². The van der Waals surface area contributed by atoms with E-state index in [2.05, 4.69) is 21.2 Å². The lowest BCUT2D eigenvalue weighted by molar-refractivity contribution is -0.149. The number of halogens is 2. The van der Waals surface area contributed by atoms with Gasteiger partial charge in [0.2, 0.25) is 6.10 Å². The van der Waals surface area contributed by atoms with Crippen LogP contribution in [-0.4, -0.2) is 36.7 Å². The summed E-state index contributed by atoms with van der Waals surface area (Å²) in [6.07, 6.45) is -1.11. The van der Waals surface area contributed by atoms with Crippen molar-refractivity contribution in [3.05, 3.63) is 64.4 Å². The Hall–Kier alpha value is -2.45. The molecule has 1 amide bonds. The first-order chi connectivity index (χ1) is 12.7. The zero-order valence-corrected chi connectivity index (χ0v) is 16.3. The fourth-order valence-corrected chi connectivity index (χ4v) is 2.51. The molecule has 0 spiro atoms. The lowest BCUT2D eigenvalue weighted by Gasteiger charge is -2.24. The van der Waals surface area contributed by atoms with Crippen LogP contribution in [0.15, 0.2) is 53.0 Å². The number of ether oxygens (including phenoxy) is 2. The van der Waals surface area contributed by atoms with E-state index in [4.69, 9.17) is 9.47 Å². The van der Waals surface area contributed by atoms with Crippen molar-refractivity contribution in [2.75, 3.05) is 13.7 Å². The Bertz CT molecular complexity index is 793. The van der Waals surface area contributed by atoms with Crippen LogP contribution in [0, 0.1) is 5.82 Å². The minimum atomic E-state index is -1.91. The molecule has 0 aliphatic heterocycles. The molecule has 8 heteroatoms. The molecule has 0 bridgehead atoms. The number of hydrogen-bond acceptors (Lipinski definition) is 5. The van der Waals surface area contributed by atoms with E-state index in [0.29, 0.717) is 5.75 Å². The number of nitrogens with one attached hydrogen (secondary N) is 1. The molecule has 2 unspecified atom stereocenters. The molecule has 0 fully saturated rings. The molecule has 0 aliphatic rings. The van der Waals surface area contributed by atoms with E-state index in [1.165, 1.54) is 26.2 Å². The van der Waals surface area contributed by atoms with E-state index < -0.39 is 29.4 Å². The summed E-state index contributed by atoms with van der Waals surface area (Å²) in [5.74, 6) is -1.51. The molecule has 0 aromatic heterocycles. The molecule has 2 atom stereocenters. The molecule has 27 heavy (non-hydrogen) atoms. The van der Waals surface area contributed by atoms with Crippen molar-refractivity contribution < 1.29 is 28.6 Å². The molecule has 2 aromatic rings. The number of methoxy groups -OCH3 is 1. The van der Waals surface area contributed by atoms with E-state index >= 15 is 0 Å². The van der Waals surface area contributed by atoms with Gasteiger partial charge in [-0.15, -0.1) is 0 Å². The van der Waals surface area contributed by atoms with E-state index in [-0.39, 0.29) is 12.1 Å². The first-order valence-electron chi connectivity index (χ1n) is 8.01. The van der Waals surface area contributed by atoms with Crippen molar-refractivity contribution in [2.24, 2.45) is 0 Å². The molecule has 144 valence electrons. The SMILES string of the molecule is COC(=O)C(CNC(=O)C(C)(O)c1ccc(F)cc1)Oc1ccc(Br)cc1. The first-order valence-corrected chi connectivity index (χ1v) is 8.80. The van der Waals surface area contributed by atoms with Gasteiger partial charge in [0.1, 0.15) is 11.6 Å². The normalized spacial score (nSPS) is 14.0. The van der Waals surface area contributed by atoms with Gasteiger partial charge in [-0.25, -0.2) is 9.18 Å². The third-order valence-electron chi connectivity index (χ3n) is 3.85. The lowest BCUT2D eigenvalue weighted by atomic mass is 9.95. The molecular formula is C19H19BrFNO5. The molecule has 0 aliphatic carbocycles. The molecule has 2 N–H and O–H groups in total. The first kappa shape index (κ1) is 20.9. The highest BCUT2D eigenvalue weighted by Crippen LogP contribution is 2.21. The summed E-state index contributed by atoms with van der Waals surface area (Å²) < 4.78 is 24.1. The third-order valence-corrected chi connectivity index (χ3v) is 4.38. The molecule has 0 saturated carbocycles. The molecule has 2 aromatic carbocycles. The van der Waals surface area contributed by atoms with Gasteiger partial charge in [0, 0.05) is 4.47 Å². The Morgan fingerprint density at radius 2 is 1.78 bits per heavy atom. The molecule has 0 saturated heterocycles. The molecule has 6 nitrogen and oxygen atoms in total. The molecule has 2 rings (SSSR count). The Kier molecular flexibility index (Phi) is 6.92. The summed E-state index contributed by atoms with van der Waals surface area (Å²) in [5.41, 5.74) is -1.70. The van der Waals surface area contributed by atoms with Gasteiger partial charge in [-0.1, -0.05) is 28.1 Å². The number of amides is 1. The van der Waals surface area contributed by atoms with E-state index in [1.54, 1.807) is 24.3 Å². The van der Waals surface area contributed by atoms with Crippen molar-refractivity contribution in [2.45, 2.75) is 18.6 Å². The predicted octanol–water partition coefficient (Wildman–Crippen LogP) is 2.53. The second-order valence-corrected chi connectivity index (χ2v) is 6.79. The minimum Gasteiger partial charge on any atom is -0.477 e. The number of benzene rings is 2. The van der Waals surface area contributed by atoms with Crippen molar-refractivity contribution in [1.29, 1.82) is 0 Å². The summed E-state index contributed by atoms with van der Waals surface area (Å²) in [7, 11) is 1.21.